The molecule has 0 aliphatic heterocycles. The van der Waals surface area contributed by atoms with Gasteiger partial charge in [-0.15, -0.1) is 0 Å². The molecule has 0 aliphatic carbocycles. The highest BCUT2D eigenvalue weighted by atomic mass is 17.1. The van der Waals surface area contributed by atoms with Gasteiger partial charge in [-0.1, -0.05) is 27.7 Å². The predicted octanol–water partition coefficient (Wildman–Crippen LogP) is 2.07. The lowest BCUT2D eigenvalue weighted by atomic mass is 9.80. The zero-order valence-electron chi connectivity index (χ0n) is 7.55. The fourth-order valence-electron chi connectivity index (χ4n) is 0.593. The summed E-state index contributed by atoms with van der Waals surface area (Å²) in [5, 5.41) is 8.00. The molecule has 0 bridgehead atoms. The van der Waals surface area contributed by atoms with E-state index in [2.05, 4.69) is 4.89 Å². The summed E-state index contributed by atoms with van der Waals surface area (Å²) in [4.78, 5) is 14.2. The van der Waals surface area contributed by atoms with Crippen molar-refractivity contribution < 1.29 is 14.9 Å². The molecular weight excluding hydrogens is 144 g/mol. The molecule has 1 unspecified atom stereocenters. The molecule has 1 atom stereocenters. The molecule has 0 radical (unpaired) electrons. The number of hydrogen-bond acceptors (Lipinski definition) is 3. The van der Waals surface area contributed by atoms with Crippen LogP contribution in [0.2, 0.25) is 0 Å². The lowest BCUT2D eigenvalue weighted by Gasteiger charge is -2.25. The van der Waals surface area contributed by atoms with Gasteiger partial charge < -0.3 is 4.89 Å². The molecular formula is C8H16O3. The van der Waals surface area contributed by atoms with Crippen LogP contribution in [0, 0.1) is 11.3 Å². The number of hydrogen-bond donors (Lipinski definition) is 1. The zero-order valence-corrected chi connectivity index (χ0v) is 7.55. The SMILES string of the molecule is CC(CC(=O)OO)C(C)(C)C. The fourth-order valence-corrected chi connectivity index (χ4v) is 0.593. The topological polar surface area (TPSA) is 46.5 Å². The summed E-state index contributed by atoms with van der Waals surface area (Å²) in [5.74, 6) is -0.352. The third kappa shape index (κ3) is 3.98. The Kier molecular flexibility index (Phi) is 3.52. The van der Waals surface area contributed by atoms with Crippen molar-refractivity contribution in [2.24, 2.45) is 11.3 Å². The molecule has 0 aromatic rings. The van der Waals surface area contributed by atoms with E-state index in [1.807, 2.05) is 27.7 Å². The lowest BCUT2D eigenvalue weighted by Crippen LogP contribution is -2.21. The Morgan fingerprint density at radius 3 is 2.27 bits per heavy atom. The maximum absolute atomic E-state index is 10.6. The Balaban J connectivity index is 3.87. The normalized spacial score (nSPS) is 14.3. The van der Waals surface area contributed by atoms with Gasteiger partial charge in [-0.25, -0.2) is 4.79 Å². The Morgan fingerprint density at radius 2 is 2.00 bits per heavy atom. The van der Waals surface area contributed by atoms with Crippen molar-refractivity contribution >= 4 is 5.97 Å². The van der Waals surface area contributed by atoms with Crippen LogP contribution in [0.25, 0.3) is 0 Å². The third-order valence-electron chi connectivity index (χ3n) is 2.05. The van der Waals surface area contributed by atoms with Crippen LogP contribution in [-0.2, 0) is 9.68 Å². The summed E-state index contributed by atoms with van der Waals surface area (Å²) in [5.41, 5.74) is 0.0776. The Bertz CT molecular complexity index is 135. The van der Waals surface area contributed by atoms with Crippen molar-refractivity contribution in [3.63, 3.8) is 0 Å². The molecule has 0 heterocycles. The number of rotatable bonds is 2. The van der Waals surface area contributed by atoms with Crippen LogP contribution in [0.3, 0.4) is 0 Å². The van der Waals surface area contributed by atoms with Crippen LogP contribution in [-0.4, -0.2) is 11.2 Å². The van der Waals surface area contributed by atoms with Crippen LogP contribution in [0.5, 0.6) is 0 Å². The van der Waals surface area contributed by atoms with E-state index in [-0.39, 0.29) is 17.8 Å². The summed E-state index contributed by atoms with van der Waals surface area (Å²) in [6, 6.07) is 0. The predicted molar refractivity (Wildman–Crippen MR) is 42.0 cm³/mol. The Labute approximate surface area is 67.3 Å². The van der Waals surface area contributed by atoms with Crippen molar-refractivity contribution in [2.45, 2.75) is 34.1 Å². The summed E-state index contributed by atoms with van der Waals surface area (Å²) in [6.45, 7) is 8.09. The zero-order chi connectivity index (χ0) is 9.07. The van der Waals surface area contributed by atoms with Gasteiger partial charge in [-0.2, -0.15) is 5.26 Å². The van der Waals surface area contributed by atoms with E-state index >= 15 is 0 Å². The molecule has 3 nitrogen and oxygen atoms in total. The summed E-state index contributed by atoms with van der Waals surface area (Å²) in [7, 11) is 0. The molecule has 0 saturated carbocycles. The number of carbonyl (C=O) groups excluding carboxylic acids is 1. The van der Waals surface area contributed by atoms with Gasteiger partial charge in [0.2, 0.25) is 0 Å². The Morgan fingerprint density at radius 1 is 1.55 bits per heavy atom. The van der Waals surface area contributed by atoms with Crippen molar-refractivity contribution in [1.29, 1.82) is 0 Å². The van der Waals surface area contributed by atoms with Gasteiger partial charge in [0, 0.05) is 0 Å². The second-order valence-electron chi connectivity index (χ2n) is 3.93. The van der Waals surface area contributed by atoms with Crippen LogP contribution in [0.1, 0.15) is 34.1 Å². The minimum atomic E-state index is -0.563. The maximum atomic E-state index is 10.6. The smallest absolute Gasteiger partial charge is 0.301 e. The minimum Gasteiger partial charge on any atom is -0.301 e. The van der Waals surface area contributed by atoms with E-state index < -0.39 is 5.97 Å². The van der Waals surface area contributed by atoms with Crippen molar-refractivity contribution in [3.05, 3.63) is 0 Å². The third-order valence-corrected chi connectivity index (χ3v) is 2.05. The molecule has 0 saturated heterocycles. The lowest BCUT2D eigenvalue weighted by molar-refractivity contribution is -0.235. The highest BCUT2D eigenvalue weighted by Crippen LogP contribution is 2.27. The van der Waals surface area contributed by atoms with Crippen LogP contribution in [0.4, 0.5) is 0 Å². The first-order valence-electron chi connectivity index (χ1n) is 3.72. The number of carbonyl (C=O) groups is 1. The van der Waals surface area contributed by atoms with E-state index in [0.29, 0.717) is 0 Å². The van der Waals surface area contributed by atoms with Gasteiger partial charge in [-0.3, -0.25) is 0 Å². The molecule has 0 amide bonds. The highest BCUT2D eigenvalue weighted by Gasteiger charge is 2.23. The molecule has 66 valence electrons. The highest BCUT2D eigenvalue weighted by molar-refractivity contribution is 5.68. The Hall–Kier alpha value is -0.570. The molecule has 11 heavy (non-hydrogen) atoms. The molecule has 3 heteroatoms. The summed E-state index contributed by atoms with van der Waals surface area (Å²) in [6.07, 6.45) is 0.264. The molecule has 0 rings (SSSR count). The quantitative estimate of drug-likeness (QED) is 0.497. The molecule has 0 aromatic heterocycles. The van der Waals surface area contributed by atoms with Gasteiger partial charge >= 0.3 is 5.97 Å². The second-order valence-corrected chi connectivity index (χ2v) is 3.93. The standard InChI is InChI=1S/C8H16O3/c1-6(8(2,3)4)5-7(9)11-10/h6,10H,5H2,1-4H3. The van der Waals surface area contributed by atoms with Crippen molar-refractivity contribution in [1.82, 2.24) is 0 Å². The monoisotopic (exact) mass is 160 g/mol. The van der Waals surface area contributed by atoms with Crippen LogP contribution in [0.15, 0.2) is 0 Å². The van der Waals surface area contributed by atoms with E-state index in [4.69, 9.17) is 5.26 Å². The van der Waals surface area contributed by atoms with E-state index in [1.165, 1.54) is 0 Å². The average Bonchev–Trinajstić information content (AvgIpc) is 1.85. The van der Waals surface area contributed by atoms with E-state index in [1.54, 1.807) is 0 Å². The van der Waals surface area contributed by atoms with Crippen molar-refractivity contribution in [3.8, 4) is 0 Å². The van der Waals surface area contributed by atoms with Gasteiger partial charge in [0.05, 0.1) is 6.42 Å². The molecule has 0 aromatic carbocycles. The van der Waals surface area contributed by atoms with E-state index in [0.717, 1.165) is 0 Å². The first-order valence-corrected chi connectivity index (χ1v) is 3.72. The van der Waals surface area contributed by atoms with Gasteiger partial charge in [0.1, 0.15) is 0 Å². The van der Waals surface area contributed by atoms with Gasteiger partial charge in [0.15, 0.2) is 0 Å². The van der Waals surface area contributed by atoms with Gasteiger partial charge in [-0.05, 0) is 11.3 Å². The molecule has 1 N–H and O–H groups in total. The first kappa shape index (κ1) is 10.4. The van der Waals surface area contributed by atoms with Crippen molar-refractivity contribution in [2.75, 3.05) is 0 Å². The summed E-state index contributed by atoms with van der Waals surface area (Å²) < 4.78 is 0. The van der Waals surface area contributed by atoms with Gasteiger partial charge in [0.25, 0.3) is 0 Å². The largest absolute Gasteiger partial charge is 0.342 e. The van der Waals surface area contributed by atoms with Crippen LogP contribution >= 0.6 is 0 Å². The van der Waals surface area contributed by atoms with Crippen LogP contribution < -0.4 is 0 Å². The molecule has 0 aliphatic rings. The minimum absolute atomic E-state index is 0.0776. The second kappa shape index (κ2) is 3.72. The summed E-state index contributed by atoms with van der Waals surface area (Å²) >= 11 is 0. The molecule has 0 fully saturated rings. The first-order chi connectivity index (χ1) is 4.88. The van der Waals surface area contributed by atoms with E-state index in [9.17, 15) is 4.79 Å². The average molecular weight is 160 g/mol. The molecule has 0 spiro atoms. The maximum Gasteiger partial charge on any atom is 0.342 e. The fraction of sp³-hybridized carbons (Fsp3) is 0.875.